The van der Waals surface area contributed by atoms with Gasteiger partial charge in [-0.1, -0.05) is 24.3 Å². The monoisotopic (exact) mass is 436 g/mol. The molecule has 5 fully saturated rings. The molecule has 0 radical (unpaired) electrons. The summed E-state index contributed by atoms with van der Waals surface area (Å²) in [6, 6.07) is 7.96. The predicted molar refractivity (Wildman–Crippen MR) is 123 cm³/mol. The Morgan fingerprint density at radius 2 is 1.66 bits per heavy atom. The molecule has 0 aromatic heterocycles. The molecule has 6 aliphatic rings. The summed E-state index contributed by atoms with van der Waals surface area (Å²) in [6.45, 7) is 2.49. The molecule has 6 nitrogen and oxygen atoms in total. The largest absolute Gasteiger partial charge is 0.351 e. The first-order valence-corrected chi connectivity index (χ1v) is 12.7. The summed E-state index contributed by atoms with van der Waals surface area (Å²) < 4.78 is 0. The smallest absolute Gasteiger partial charge is 0.318 e. The van der Waals surface area contributed by atoms with Gasteiger partial charge in [0.2, 0.25) is 5.91 Å². The fourth-order valence-electron chi connectivity index (χ4n) is 8.24. The summed E-state index contributed by atoms with van der Waals surface area (Å²) in [6.07, 6.45) is 8.47. The number of fused-ring (bicyclic) bond motifs is 2. The molecule has 1 aromatic rings. The second kappa shape index (κ2) is 7.75. The van der Waals surface area contributed by atoms with Crippen LogP contribution in [0.1, 0.15) is 62.1 Å². The first-order valence-electron chi connectivity index (χ1n) is 12.7. The number of hydrogen-bond donors (Lipinski definition) is 3. The zero-order valence-corrected chi connectivity index (χ0v) is 19.1. The third-order valence-corrected chi connectivity index (χ3v) is 9.43. The van der Waals surface area contributed by atoms with Crippen molar-refractivity contribution in [3.8, 4) is 0 Å². The van der Waals surface area contributed by atoms with Gasteiger partial charge in [-0.25, -0.2) is 4.79 Å². The molecule has 1 atom stereocenters. The van der Waals surface area contributed by atoms with Gasteiger partial charge in [0, 0.05) is 25.0 Å². The number of rotatable bonds is 2. The van der Waals surface area contributed by atoms with Crippen LogP contribution in [0.3, 0.4) is 0 Å². The SMILES string of the molecule is CNC(=O)N1CC2(CCNCC2)c2ccccc2C1C(=O)NC1C2CC3CC(C2)CC1C3. The summed E-state index contributed by atoms with van der Waals surface area (Å²) in [7, 11) is 1.67. The van der Waals surface area contributed by atoms with Crippen molar-refractivity contribution in [2.45, 2.75) is 62.4 Å². The highest BCUT2D eigenvalue weighted by Crippen LogP contribution is 2.54. The minimum Gasteiger partial charge on any atom is -0.351 e. The molecule has 4 aliphatic carbocycles. The maximum absolute atomic E-state index is 13.9. The van der Waals surface area contributed by atoms with Crippen molar-refractivity contribution in [1.82, 2.24) is 20.9 Å². The van der Waals surface area contributed by atoms with Gasteiger partial charge in [0.25, 0.3) is 0 Å². The van der Waals surface area contributed by atoms with Gasteiger partial charge >= 0.3 is 6.03 Å². The molecular formula is C26H36N4O2. The predicted octanol–water partition coefficient (Wildman–Crippen LogP) is 2.94. The molecule has 1 spiro atoms. The van der Waals surface area contributed by atoms with Crippen molar-refractivity contribution in [2.75, 3.05) is 26.7 Å². The number of piperidine rings is 1. The van der Waals surface area contributed by atoms with Crippen LogP contribution in [0, 0.1) is 23.7 Å². The van der Waals surface area contributed by atoms with E-state index in [9.17, 15) is 9.59 Å². The number of hydrogen-bond acceptors (Lipinski definition) is 3. The first kappa shape index (κ1) is 20.5. The van der Waals surface area contributed by atoms with E-state index in [0.717, 1.165) is 43.3 Å². The van der Waals surface area contributed by atoms with Gasteiger partial charge in [0.1, 0.15) is 6.04 Å². The van der Waals surface area contributed by atoms with Crippen LogP contribution in [0.15, 0.2) is 24.3 Å². The highest BCUT2D eigenvalue weighted by Gasteiger charge is 2.51. The summed E-state index contributed by atoms with van der Waals surface area (Å²) in [5.41, 5.74) is 2.21. The Balaban J connectivity index is 1.33. The van der Waals surface area contributed by atoms with Gasteiger partial charge in [-0.2, -0.15) is 0 Å². The maximum Gasteiger partial charge on any atom is 0.318 e. The summed E-state index contributed by atoms with van der Waals surface area (Å²) >= 11 is 0. The van der Waals surface area contributed by atoms with Crippen molar-refractivity contribution >= 4 is 11.9 Å². The van der Waals surface area contributed by atoms with Crippen LogP contribution in [0.25, 0.3) is 0 Å². The molecule has 3 amide bonds. The highest BCUT2D eigenvalue weighted by atomic mass is 16.2. The van der Waals surface area contributed by atoms with Gasteiger partial charge < -0.3 is 20.9 Å². The number of urea groups is 1. The molecule has 172 valence electrons. The van der Waals surface area contributed by atoms with Crippen LogP contribution in [-0.4, -0.2) is 49.6 Å². The Bertz CT molecular complexity index is 881. The van der Waals surface area contributed by atoms with E-state index >= 15 is 0 Å². The maximum atomic E-state index is 13.9. The van der Waals surface area contributed by atoms with Crippen molar-refractivity contribution < 1.29 is 9.59 Å². The molecule has 2 heterocycles. The number of carbonyl (C=O) groups is 2. The average Bonchev–Trinajstić information content (AvgIpc) is 2.81. The van der Waals surface area contributed by atoms with E-state index in [2.05, 4.69) is 34.1 Å². The van der Waals surface area contributed by atoms with E-state index < -0.39 is 6.04 Å². The lowest BCUT2D eigenvalue weighted by Gasteiger charge is -2.55. The molecular weight excluding hydrogens is 400 g/mol. The van der Waals surface area contributed by atoms with Crippen LogP contribution in [-0.2, 0) is 10.2 Å². The number of amides is 3. The molecule has 4 bridgehead atoms. The third-order valence-electron chi connectivity index (χ3n) is 9.43. The van der Waals surface area contributed by atoms with E-state index in [1.807, 2.05) is 11.0 Å². The molecule has 1 saturated heterocycles. The van der Waals surface area contributed by atoms with E-state index in [1.165, 1.54) is 37.7 Å². The van der Waals surface area contributed by atoms with Crippen molar-refractivity contribution in [2.24, 2.45) is 23.7 Å². The number of nitrogens with one attached hydrogen (secondary N) is 3. The van der Waals surface area contributed by atoms with Crippen molar-refractivity contribution in [3.63, 3.8) is 0 Å². The summed E-state index contributed by atoms with van der Waals surface area (Å²) in [5, 5.41) is 9.78. The fourth-order valence-corrected chi connectivity index (χ4v) is 8.24. The summed E-state index contributed by atoms with van der Waals surface area (Å²) in [5.74, 6) is 3.02. The van der Waals surface area contributed by atoms with Crippen LogP contribution in [0.2, 0.25) is 0 Å². The van der Waals surface area contributed by atoms with Gasteiger partial charge in [-0.05, 0) is 92.8 Å². The Hall–Kier alpha value is -2.08. The highest BCUT2D eigenvalue weighted by molar-refractivity contribution is 5.89. The normalized spacial score (nSPS) is 36.6. The zero-order valence-electron chi connectivity index (χ0n) is 19.1. The van der Waals surface area contributed by atoms with Gasteiger partial charge in [0.05, 0.1) is 0 Å². The van der Waals surface area contributed by atoms with Gasteiger partial charge in [0.15, 0.2) is 0 Å². The molecule has 1 aromatic carbocycles. The standard InChI is InChI=1S/C26H36N4O2/c1-27-25(32)30-15-26(6-8-28-9-7-26)21-5-3-2-4-20(21)23(30)24(31)29-22-18-11-16-10-17(13-18)14-19(22)12-16/h2-5,16-19,22-23,28H,6-15H2,1H3,(H,27,32)(H,29,31). The molecule has 6 heteroatoms. The molecule has 2 aliphatic heterocycles. The minimum absolute atomic E-state index is 0.0160. The summed E-state index contributed by atoms with van der Waals surface area (Å²) in [4.78, 5) is 28.8. The quantitative estimate of drug-likeness (QED) is 0.667. The Labute approximate surface area is 190 Å². The lowest BCUT2D eigenvalue weighted by Crippen LogP contribution is -2.61. The molecule has 32 heavy (non-hydrogen) atoms. The van der Waals surface area contributed by atoms with Crippen LogP contribution in [0.5, 0.6) is 0 Å². The number of benzene rings is 1. The molecule has 7 rings (SSSR count). The minimum atomic E-state index is -0.552. The molecule has 4 saturated carbocycles. The second-order valence-electron chi connectivity index (χ2n) is 11.2. The van der Waals surface area contributed by atoms with Gasteiger partial charge in [-0.15, -0.1) is 0 Å². The molecule has 3 N–H and O–H groups in total. The Morgan fingerprint density at radius 1 is 1.00 bits per heavy atom. The van der Waals surface area contributed by atoms with Crippen molar-refractivity contribution in [3.05, 3.63) is 35.4 Å². The van der Waals surface area contributed by atoms with E-state index in [0.29, 0.717) is 18.4 Å². The van der Waals surface area contributed by atoms with E-state index in [-0.39, 0.29) is 23.4 Å². The lowest BCUT2D eigenvalue weighted by atomic mass is 9.54. The average molecular weight is 437 g/mol. The Morgan fingerprint density at radius 3 is 2.31 bits per heavy atom. The van der Waals surface area contributed by atoms with E-state index in [4.69, 9.17) is 0 Å². The fraction of sp³-hybridized carbons (Fsp3) is 0.692. The van der Waals surface area contributed by atoms with Crippen LogP contribution < -0.4 is 16.0 Å². The van der Waals surface area contributed by atoms with E-state index in [1.54, 1.807) is 7.05 Å². The van der Waals surface area contributed by atoms with Crippen molar-refractivity contribution in [1.29, 1.82) is 0 Å². The number of nitrogens with zero attached hydrogens (tertiary/aromatic N) is 1. The lowest BCUT2D eigenvalue weighted by molar-refractivity contribution is -0.130. The zero-order chi connectivity index (χ0) is 21.9. The first-order chi connectivity index (χ1) is 15.6. The topological polar surface area (TPSA) is 73.5 Å². The van der Waals surface area contributed by atoms with Gasteiger partial charge in [-0.3, -0.25) is 4.79 Å². The third kappa shape index (κ3) is 3.17. The molecule has 1 unspecified atom stereocenters. The number of carbonyl (C=O) groups excluding carboxylic acids is 2. The van der Waals surface area contributed by atoms with Crippen LogP contribution >= 0.6 is 0 Å². The second-order valence-corrected chi connectivity index (χ2v) is 11.2. The van der Waals surface area contributed by atoms with Crippen LogP contribution in [0.4, 0.5) is 4.79 Å². The Kier molecular flexibility index (Phi) is 4.97.